The van der Waals surface area contributed by atoms with Crippen LogP contribution < -0.4 is 21.7 Å². The highest BCUT2D eigenvalue weighted by molar-refractivity contribution is 6.02. The number of pyridine rings is 1. The van der Waals surface area contributed by atoms with Gasteiger partial charge in [0, 0.05) is 29.2 Å². The van der Waals surface area contributed by atoms with E-state index in [9.17, 15) is 4.79 Å². The molecule has 3 rings (SSSR count). The molecule has 0 aliphatic heterocycles. The first kappa shape index (κ1) is 20.5. The second-order valence-electron chi connectivity index (χ2n) is 5.99. The number of benzene rings is 1. The summed E-state index contributed by atoms with van der Waals surface area (Å²) in [5.74, 6) is -0.472. The van der Waals surface area contributed by atoms with E-state index in [-0.39, 0.29) is 23.1 Å². The number of nitrogens with one attached hydrogen (secondary N) is 5. The maximum atomic E-state index is 12.1. The average Bonchev–Trinajstić information content (AvgIpc) is 3.29. The molecule has 11 heteroatoms. The summed E-state index contributed by atoms with van der Waals surface area (Å²) in [6.07, 6.45) is 1.69. The molecule has 1 amide bonds. The molecular weight excluding hydrogens is 388 g/mol. The number of anilines is 3. The lowest BCUT2D eigenvalue weighted by atomic mass is 10.2. The number of nitrogens with two attached hydrogens (primary N) is 1. The van der Waals surface area contributed by atoms with Gasteiger partial charge in [-0.1, -0.05) is 11.2 Å². The van der Waals surface area contributed by atoms with Crippen LogP contribution in [0.1, 0.15) is 21.7 Å². The number of amides is 1. The summed E-state index contributed by atoms with van der Waals surface area (Å²) >= 11 is 0. The lowest BCUT2D eigenvalue weighted by molar-refractivity contribution is 0.101. The standard InChI is InChI=1S/C19H20N8O3/c1-23-19(24-12-5-6-13(21)11(9-12)10-20)30-17(22)14-3-2-4-16(25-14)26-18(28)15-7-8-29-27-15/h2-10,19-20,22-24H,21H2,1H3,(H,25,26,28). The van der Waals surface area contributed by atoms with Crippen LogP contribution in [0.2, 0.25) is 0 Å². The van der Waals surface area contributed by atoms with Crippen molar-refractivity contribution < 1.29 is 14.1 Å². The second-order valence-corrected chi connectivity index (χ2v) is 5.99. The minimum Gasteiger partial charge on any atom is -0.439 e. The molecule has 0 bridgehead atoms. The third-order valence-electron chi connectivity index (χ3n) is 3.93. The zero-order chi connectivity index (χ0) is 21.5. The summed E-state index contributed by atoms with van der Waals surface area (Å²) in [5, 5.41) is 27.7. The van der Waals surface area contributed by atoms with E-state index < -0.39 is 12.3 Å². The first-order valence-corrected chi connectivity index (χ1v) is 8.78. The Balaban J connectivity index is 1.66. The Morgan fingerprint density at radius 2 is 2.10 bits per heavy atom. The van der Waals surface area contributed by atoms with Crippen LogP contribution in [0.5, 0.6) is 0 Å². The van der Waals surface area contributed by atoms with Gasteiger partial charge in [-0.25, -0.2) is 4.98 Å². The number of carbonyl (C=O) groups is 1. The van der Waals surface area contributed by atoms with E-state index in [4.69, 9.17) is 21.3 Å². The molecule has 1 atom stereocenters. The predicted molar refractivity (Wildman–Crippen MR) is 112 cm³/mol. The van der Waals surface area contributed by atoms with E-state index in [0.717, 1.165) is 6.21 Å². The number of hydrogen-bond donors (Lipinski definition) is 6. The van der Waals surface area contributed by atoms with Crippen LogP contribution in [0.3, 0.4) is 0 Å². The minimum absolute atomic E-state index is 0.112. The Labute approximate surface area is 171 Å². The number of rotatable bonds is 8. The highest BCUT2D eigenvalue weighted by atomic mass is 16.5. The lowest BCUT2D eigenvalue weighted by Crippen LogP contribution is -2.38. The van der Waals surface area contributed by atoms with E-state index in [1.807, 2.05) is 0 Å². The minimum atomic E-state index is -0.755. The molecule has 0 saturated heterocycles. The molecule has 30 heavy (non-hydrogen) atoms. The molecule has 0 fully saturated rings. The molecule has 154 valence electrons. The second kappa shape index (κ2) is 9.30. The molecular formula is C19H20N8O3. The summed E-state index contributed by atoms with van der Waals surface area (Å²) in [7, 11) is 1.65. The number of aromatic nitrogens is 2. The number of ether oxygens (including phenoxy) is 1. The first-order valence-electron chi connectivity index (χ1n) is 8.78. The monoisotopic (exact) mass is 408 g/mol. The maximum Gasteiger partial charge on any atom is 0.278 e. The molecule has 0 aliphatic rings. The Kier molecular flexibility index (Phi) is 6.35. The molecule has 1 aromatic carbocycles. The number of carbonyl (C=O) groups excluding carboxylic acids is 1. The van der Waals surface area contributed by atoms with Gasteiger partial charge >= 0.3 is 0 Å². The van der Waals surface area contributed by atoms with Crippen molar-refractivity contribution in [2.75, 3.05) is 23.4 Å². The normalized spacial score (nSPS) is 11.4. The van der Waals surface area contributed by atoms with Crippen molar-refractivity contribution in [3.63, 3.8) is 0 Å². The summed E-state index contributed by atoms with van der Waals surface area (Å²) in [6, 6.07) is 11.3. The topological polar surface area (TPSA) is 175 Å². The number of nitrogen functional groups attached to an aromatic ring is 1. The zero-order valence-corrected chi connectivity index (χ0v) is 16.0. The summed E-state index contributed by atoms with van der Waals surface area (Å²) in [5.41, 5.74) is 7.81. The van der Waals surface area contributed by atoms with Crippen LogP contribution in [0, 0.1) is 10.8 Å². The molecule has 0 saturated carbocycles. The Bertz CT molecular complexity index is 1050. The van der Waals surface area contributed by atoms with Crippen molar-refractivity contribution in [3.05, 3.63) is 65.7 Å². The van der Waals surface area contributed by atoms with Crippen molar-refractivity contribution in [2.24, 2.45) is 0 Å². The van der Waals surface area contributed by atoms with Crippen LogP contribution in [-0.4, -0.2) is 41.6 Å². The molecule has 2 heterocycles. The van der Waals surface area contributed by atoms with Gasteiger partial charge < -0.3 is 31.0 Å². The van der Waals surface area contributed by atoms with Crippen LogP contribution in [-0.2, 0) is 4.74 Å². The van der Waals surface area contributed by atoms with E-state index in [0.29, 0.717) is 16.9 Å². The maximum absolute atomic E-state index is 12.1. The molecule has 0 spiro atoms. The molecule has 1 unspecified atom stereocenters. The SMILES string of the molecule is CNC(Nc1ccc(N)c(C=N)c1)OC(=N)c1cccc(NC(=O)c2ccon2)n1. The van der Waals surface area contributed by atoms with Crippen molar-refractivity contribution in [1.82, 2.24) is 15.5 Å². The third kappa shape index (κ3) is 4.97. The fraction of sp³-hybridized carbons (Fsp3) is 0.105. The van der Waals surface area contributed by atoms with Gasteiger partial charge in [0.1, 0.15) is 17.8 Å². The van der Waals surface area contributed by atoms with Gasteiger partial charge in [0.25, 0.3) is 5.91 Å². The smallest absolute Gasteiger partial charge is 0.278 e. The van der Waals surface area contributed by atoms with E-state index in [1.165, 1.54) is 12.3 Å². The Hall–Kier alpha value is -4.25. The highest BCUT2D eigenvalue weighted by Gasteiger charge is 2.15. The van der Waals surface area contributed by atoms with Crippen LogP contribution in [0.4, 0.5) is 17.2 Å². The van der Waals surface area contributed by atoms with Crippen molar-refractivity contribution in [3.8, 4) is 0 Å². The molecule has 0 radical (unpaired) electrons. The van der Waals surface area contributed by atoms with Crippen LogP contribution in [0.15, 0.2) is 53.3 Å². The summed E-state index contributed by atoms with van der Waals surface area (Å²) in [6.45, 7) is 0. The summed E-state index contributed by atoms with van der Waals surface area (Å²) < 4.78 is 10.2. The fourth-order valence-electron chi connectivity index (χ4n) is 2.42. The van der Waals surface area contributed by atoms with Crippen molar-refractivity contribution >= 4 is 35.2 Å². The van der Waals surface area contributed by atoms with E-state index in [2.05, 4.69) is 30.6 Å². The quantitative estimate of drug-likeness (QED) is 0.142. The largest absolute Gasteiger partial charge is 0.439 e. The van der Waals surface area contributed by atoms with Gasteiger partial charge in [0.2, 0.25) is 12.2 Å². The number of nitrogens with zero attached hydrogens (tertiary/aromatic N) is 2. The van der Waals surface area contributed by atoms with Gasteiger partial charge in [-0.15, -0.1) is 0 Å². The molecule has 0 aliphatic carbocycles. The Morgan fingerprint density at radius 3 is 2.80 bits per heavy atom. The molecule has 3 aromatic rings. The Morgan fingerprint density at radius 1 is 1.27 bits per heavy atom. The predicted octanol–water partition coefficient (Wildman–Crippen LogP) is 1.86. The van der Waals surface area contributed by atoms with Crippen LogP contribution in [0.25, 0.3) is 0 Å². The average molecular weight is 408 g/mol. The van der Waals surface area contributed by atoms with Crippen LogP contribution >= 0.6 is 0 Å². The van der Waals surface area contributed by atoms with Gasteiger partial charge in [-0.2, -0.15) is 0 Å². The van der Waals surface area contributed by atoms with E-state index >= 15 is 0 Å². The first-order chi connectivity index (χ1) is 14.5. The van der Waals surface area contributed by atoms with Gasteiger partial charge in [-0.3, -0.25) is 15.5 Å². The van der Waals surface area contributed by atoms with Gasteiger partial charge in [-0.05, 0) is 37.4 Å². The summed E-state index contributed by atoms with van der Waals surface area (Å²) in [4.78, 5) is 16.3. The number of hydrogen-bond acceptors (Lipinski definition) is 10. The van der Waals surface area contributed by atoms with Gasteiger partial charge in [0.15, 0.2) is 5.69 Å². The lowest BCUT2D eigenvalue weighted by Gasteiger charge is -2.21. The van der Waals surface area contributed by atoms with Crippen molar-refractivity contribution in [2.45, 2.75) is 6.35 Å². The van der Waals surface area contributed by atoms with E-state index in [1.54, 1.807) is 43.4 Å². The molecule has 7 N–H and O–H groups in total. The molecule has 2 aromatic heterocycles. The zero-order valence-electron chi connectivity index (χ0n) is 16.0. The molecule has 11 nitrogen and oxygen atoms in total. The fourth-order valence-corrected chi connectivity index (χ4v) is 2.42. The van der Waals surface area contributed by atoms with Crippen molar-refractivity contribution in [1.29, 1.82) is 10.8 Å². The van der Waals surface area contributed by atoms with Gasteiger partial charge in [0.05, 0.1) is 0 Å². The highest BCUT2D eigenvalue weighted by Crippen LogP contribution is 2.17. The third-order valence-corrected chi connectivity index (χ3v) is 3.93.